The summed E-state index contributed by atoms with van der Waals surface area (Å²) in [6, 6.07) is 7.48. The molecule has 0 bridgehead atoms. The third kappa shape index (κ3) is 3.49. The molecule has 2 heterocycles. The Morgan fingerprint density at radius 1 is 1.22 bits per heavy atom. The maximum Gasteiger partial charge on any atom is 0.265 e. The highest BCUT2D eigenvalue weighted by molar-refractivity contribution is 5.98. The molecule has 1 aromatic rings. The van der Waals surface area contributed by atoms with Gasteiger partial charge in [0.25, 0.3) is 5.91 Å². The zero-order valence-electron chi connectivity index (χ0n) is 13.8. The highest BCUT2D eigenvalue weighted by Crippen LogP contribution is 2.31. The molecule has 3 rings (SSSR count). The van der Waals surface area contributed by atoms with E-state index in [-0.39, 0.29) is 18.4 Å². The number of piperidine rings is 1. The van der Waals surface area contributed by atoms with Crippen molar-refractivity contribution in [1.82, 2.24) is 4.90 Å². The van der Waals surface area contributed by atoms with Crippen molar-refractivity contribution in [1.29, 1.82) is 0 Å². The van der Waals surface area contributed by atoms with Crippen molar-refractivity contribution in [2.45, 2.75) is 26.7 Å². The molecule has 1 aromatic carbocycles. The van der Waals surface area contributed by atoms with E-state index in [0.29, 0.717) is 30.6 Å². The normalized spacial score (nSPS) is 24.2. The van der Waals surface area contributed by atoms with Crippen molar-refractivity contribution in [3.8, 4) is 5.75 Å². The first-order valence-corrected chi connectivity index (χ1v) is 8.34. The predicted octanol–water partition coefficient (Wildman–Crippen LogP) is 2.31. The lowest BCUT2D eigenvalue weighted by Crippen LogP contribution is -2.45. The minimum atomic E-state index is -0.0862. The van der Waals surface area contributed by atoms with E-state index < -0.39 is 0 Å². The average Bonchev–Trinajstić information content (AvgIpc) is 2.52. The Bertz CT molecular complexity index is 592. The van der Waals surface area contributed by atoms with Crippen LogP contribution in [0.2, 0.25) is 0 Å². The lowest BCUT2D eigenvalue weighted by atomic mass is 9.92. The maximum atomic E-state index is 12.5. The molecular formula is C18H24N2O3. The third-order valence-corrected chi connectivity index (χ3v) is 4.58. The van der Waals surface area contributed by atoms with E-state index >= 15 is 0 Å². The fourth-order valence-corrected chi connectivity index (χ4v) is 3.63. The Morgan fingerprint density at radius 3 is 2.65 bits per heavy atom. The number of carbonyl (C=O) groups is 2. The SMILES string of the molecule is CC1CC(C)CN(C(=O)CCN2C(=O)COc3ccccc32)C1. The van der Waals surface area contributed by atoms with Crippen LogP contribution in [0.25, 0.3) is 0 Å². The number of fused-ring (bicyclic) bond motifs is 1. The summed E-state index contributed by atoms with van der Waals surface area (Å²) < 4.78 is 5.43. The van der Waals surface area contributed by atoms with Crippen molar-refractivity contribution < 1.29 is 14.3 Å². The lowest BCUT2D eigenvalue weighted by Gasteiger charge is -2.36. The molecule has 0 saturated carbocycles. The summed E-state index contributed by atoms with van der Waals surface area (Å²) >= 11 is 0. The molecule has 1 saturated heterocycles. The van der Waals surface area contributed by atoms with E-state index in [1.165, 1.54) is 6.42 Å². The number of nitrogens with zero attached hydrogens (tertiary/aromatic N) is 2. The largest absolute Gasteiger partial charge is 0.482 e. The van der Waals surface area contributed by atoms with E-state index in [9.17, 15) is 9.59 Å². The van der Waals surface area contributed by atoms with Crippen molar-refractivity contribution >= 4 is 17.5 Å². The summed E-state index contributed by atoms with van der Waals surface area (Å²) in [4.78, 5) is 28.3. The molecule has 2 atom stereocenters. The number of hydrogen-bond donors (Lipinski definition) is 0. The summed E-state index contributed by atoms with van der Waals surface area (Å²) in [5.74, 6) is 1.86. The van der Waals surface area contributed by atoms with Gasteiger partial charge in [-0.15, -0.1) is 0 Å². The summed E-state index contributed by atoms with van der Waals surface area (Å²) in [6.45, 7) is 6.50. The minimum Gasteiger partial charge on any atom is -0.482 e. The molecule has 0 radical (unpaired) electrons. The van der Waals surface area contributed by atoms with Crippen molar-refractivity contribution in [3.05, 3.63) is 24.3 Å². The molecular weight excluding hydrogens is 292 g/mol. The summed E-state index contributed by atoms with van der Waals surface area (Å²) in [6.07, 6.45) is 1.54. The standard InChI is InChI=1S/C18H24N2O3/c1-13-9-14(2)11-19(10-13)17(21)7-8-20-15-5-3-4-6-16(15)23-12-18(20)22/h3-6,13-14H,7-12H2,1-2H3. The molecule has 0 aromatic heterocycles. The number of anilines is 1. The van der Waals surface area contributed by atoms with E-state index in [4.69, 9.17) is 4.74 Å². The number of ether oxygens (including phenoxy) is 1. The van der Waals surface area contributed by atoms with Gasteiger partial charge in [0.2, 0.25) is 5.91 Å². The highest BCUT2D eigenvalue weighted by atomic mass is 16.5. The first-order chi connectivity index (χ1) is 11.0. The molecule has 124 valence electrons. The second kappa shape index (κ2) is 6.60. The topological polar surface area (TPSA) is 49.9 Å². The predicted molar refractivity (Wildman–Crippen MR) is 88.4 cm³/mol. The van der Waals surface area contributed by atoms with Crippen LogP contribution in [0.3, 0.4) is 0 Å². The second-order valence-corrected chi connectivity index (χ2v) is 6.80. The monoisotopic (exact) mass is 316 g/mol. The van der Waals surface area contributed by atoms with Gasteiger partial charge in [0.15, 0.2) is 6.61 Å². The fraction of sp³-hybridized carbons (Fsp3) is 0.556. The van der Waals surface area contributed by atoms with E-state index in [2.05, 4.69) is 13.8 Å². The van der Waals surface area contributed by atoms with Gasteiger partial charge in [0, 0.05) is 26.1 Å². The van der Waals surface area contributed by atoms with Crippen LogP contribution in [0.1, 0.15) is 26.7 Å². The van der Waals surface area contributed by atoms with Gasteiger partial charge in [-0.2, -0.15) is 0 Å². The van der Waals surface area contributed by atoms with Crippen LogP contribution in [0, 0.1) is 11.8 Å². The van der Waals surface area contributed by atoms with Gasteiger partial charge in [0.1, 0.15) is 5.75 Å². The van der Waals surface area contributed by atoms with Crippen molar-refractivity contribution in [3.63, 3.8) is 0 Å². The third-order valence-electron chi connectivity index (χ3n) is 4.58. The molecule has 0 N–H and O–H groups in total. The van der Waals surface area contributed by atoms with Crippen LogP contribution >= 0.6 is 0 Å². The quantitative estimate of drug-likeness (QED) is 0.860. The Labute approximate surface area is 137 Å². The molecule has 23 heavy (non-hydrogen) atoms. The van der Waals surface area contributed by atoms with Crippen LogP contribution < -0.4 is 9.64 Å². The highest BCUT2D eigenvalue weighted by Gasteiger charge is 2.28. The lowest BCUT2D eigenvalue weighted by molar-refractivity contribution is -0.133. The summed E-state index contributed by atoms with van der Waals surface area (Å²) in [5, 5.41) is 0. The maximum absolute atomic E-state index is 12.5. The van der Waals surface area contributed by atoms with Crippen LogP contribution in [-0.2, 0) is 9.59 Å². The second-order valence-electron chi connectivity index (χ2n) is 6.80. The number of para-hydroxylation sites is 2. The van der Waals surface area contributed by atoms with Crippen LogP contribution in [0.5, 0.6) is 5.75 Å². The molecule has 0 aliphatic carbocycles. The molecule has 1 fully saturated rings. The zero-order chi connectivity index (χ0) is 16.4. The fourth-order valence-electron chi connectivity index (χ4n) is 3.63. The van der Waals surface area contributed by atoms with E-state index in [1.807, 2.05) is 29.2 Å². The Hall–Kier alpha value is -2.04. The number of amides is 2. The molecule has 5 nitrogen and oxygen atoms in total. The van der Waals surface area contributed by atoms with Gasteiger partial charge >= 0.3 is 0 Å². The van der Waals surface area contributed by atoms with Crippen molar-refractivity contribution in [2.75, 3.05) is 31.1 Å². The smallest absolute Gasteiger partial charge is 0.265 e. The molecule has 2 aliphatic heterocycles. The summed E-state index contributed by atoms with van der Waals surface area (Å²) in [5.41, 5.74) is 0.761. The first kappa shape index (κ1) is 15.8. The number of benzene rings is 1. The number of carbonyl (C=O) groups excluding carboxylic acids is 2. The summed E-state index contributed by atoms with van der Waals surface area (Å²) in [7, 11) is 0. The van der Waals surface area contributed by atoms with Crippen molar-refractivity contribution in [2.24, 2.45) is 11.8 Å². The number of likely N-dealkylation sites (tertiary alicyclic amines) is 1. The van der Waals surface area contributed by atoms with Crippen LogP contribution in [0.4, 0.5) is 5.69 Å². The van der Waals surface area contributed by atoms with Gasteiger partial charge in [-0.05, 0) is 30.4 Å². The van der Waals surface area contributed by atoms with Crippen LogP contribution in [-0.4, -0.2) is 43.0 Å². The van der Waals surface area contributed by atoms with E-state index in [1.54, 1.807) is 4.90 Å². The van der Waals surface area contributed by atoms with Crippen LogP contribution in [0.15, 0.2) is 24.3 Å². The number of hydrogen-bond acceptors (Lipinski definition) is 3. The van der Waals surface area contributed by atoms with Gasteiger partial charge in [0.05, 0.1) is 5.69 Å². The zero-order valence-corrected chi connectivity index (χ0v) is 13.8. The number of rotatable bonds is 3. The molecule has 2 aliphatic rings. The van der Waals surface area contributed by atoms with Gasteiger partial charge in [-0.25, -0.2) is 0 Å². The molecule has 5 heteroatoms. The van der Waals surface area contributed by atoms with E-state index in [0.717, 1.165) is 18.8 Å². The van der Waals surface area contributed by atoms with Gasteiger partial charge < -0.3 is 14.5 Å². The first-order valence-electron chi connectivity index (χ1n) is 8.34. The van der Waals surface area contributed by atoms with Gasteiger partial charge in [-0.3, -0.25) is 9.59 Å². The molecule has 2 unspecified atom stereocenters. The average molecular weight is 316 g/mol. The molecule has 0 spiro atoms. The minimum absolute atomic E-state index is 0.0446. The Balaban J connectivity index is 1.64. The molecule has 2 amide bonds. The Morgan fingerprint density at radius 2 is 1.91 bits per heavy atom. The Kier molecular flexibility index (Phi) is 4.55. The van der Waals surface area contributed by atoms with Gasteiger partial charge in [-0.1, -0.05) is 26.0 Å².